The van der Waals surface area contributed by atoms with Gasteiger partial charge in [0.15, 0.2) is 0 Å². The van der Waals surface area contributed by atoms with Crippen LogP contribution in [-0.4, -0.2) is 27.2 Å². The molecule has 0 bridgehead atoms. The standard InChI is InChI=1S/C11H18N2.C2H6/c1-12-9-6-10-13(2)11-7-4-3-5-8-11;1-2/h3-5,7-8,12H,6,9-10H2,1-2H3;1-2H3. The first-order valence-electron chi connectivity index (χ1n) is 5.75. The fraction of sp³-hybridized carbons (Fsp3) is 0.538. The van der Waals surface area contributed by atoms with Crippen LogP contribution in [0.3, 0.4) is 0 Å². The monoisotopic (exact) mass is 208 g/mol. The van der Waals surface area contributed by atoms with Crippen LogP contribution in [0.2, 0.25) is 0 Å². The molecule has 15 heavy (non-hydrogen) atoms. The van der Waals surface area contributed by atoms with Gasteiger partial charge in [-0.25, -0.2) is 0 Å². The Balaban J connectivity index is 0.000000921. The number of benzene rings is 1. The lowest BCUT2D eigenvalue weighted by atomic mass is 10.3. The van der Waals surface area contributed by atoms with E-state index in [-0.39, 0.29) is 0 Å². The molecule has 0 aliphatic heterocycles. The zero-order chi connectivity index (χ0) is 11.5. The molecule has 0 aliphatic rings. The Morgan fingerprint density at radius 2 is 1.73 bits per heavy atom. The highest BCUT2D eigenvalue weighted by Gasteiger charge is 1.97. The van der Waals surface area contributed by atoms with Gasteiger partial charge >= 0.3 is 0 Å². The lowest BCUT2D eigenvalue weighted by Crippen LogP contribution is -2.21. The average Bonchev–Trinajstić information content (AvgIpc) is 2.33. The summed E-state index contributed by atoms with van der Waals surface area (Å²) in [6.07, 6.45) is 1.18. The predicted molar refractivity (Wildman–Crippen MR) is 69.6 cm³/mol. The number of hydrogen-bond acceptors (Lipinski definition) is 2. The van der Waals surface area contributed by atoms with Crippen LogP contribution >= 0.6 is 0 Å². The van der Waals surface area contributed by atoms with Crippen molar-refractivity contribution in [2.24, 2.45) is 0 Å². The van der Waals surface area contributed by atoms with Crippen LogP contribution in [0.15, 0.2) is 30.3 Å². The molecule has 0 radical (unpaired) electrons. The van der Waals surface area contributed by atoms with Gasteiger partial charge in [0, 0.05) is 19.3 Å². The average molecular weight is 208 g/mol. The van der Waals surface area contributed by atoms with Gasteiger partial charge < -0.3 is 10.2 Å². The van der Waals surface area contributed by atoms with E-state index in [9.17, 15) is 0 Å². The van der Waals surface area contributed by atoms with Crippen LogP contribution in [-0.2, 0) is 0 Å². The summed E-state index contributed by atoms with van der Waals surface area (Å²) in [6, 6.07) is 10.5. The third-order valence-corrected chi connectivity index (χ3v) is 2.12. The summed E-state index contributed by atoms with van der Waals surface area (Å²) in [5.74, 6) is 0. The fourth-order valence-electron chi connectivity index (χ4n) is 1.30. The van der Waals surface area contributed by atoms with E-state index >= 15 is 0 Å². The van der Waals surface area contributed by atoms with Crippen LogP contribution < -0.4 is 10.2 Å². The van der Waals surface area contributed by atoms with Crippen LogP contribution in [0.5, 0.6) is 0 Å². The van der Waals surface area contributed by atoms with Gasteiger partial charge in [-0.15, -0.1) is 0 Å². The molecule has 1 aromatic carbocycles. The molecule has 0 spiro atoms. The first-order valence-corrected chi connectivity index (χ1v) is 5.75. The zero-order valence-electron chi connectivity index (χ0n) is 10.5. The van der Waals surface area contributed by atoms with E-state index in [4.69, 9.17) is 0 Å². The lowest BCUT2D eigenvalue weighted by Gasteiger charge is -2.18. The van der Waals surface area contributed by atoms with Gasteiger partial charge in [-0.1, -0.05) is 32.0 Å². The normalized spacial score (nSPS) is 9.07. The second-order valence-corrected chi connectivity index (χ2v) is 3.21. The van der Waals surface area contributed by atoms with Crippen molar-refractivity contribution in [1.82, 2.24) is 5.32 Å². The first kappa shape index (κ1) is 14.0. The van der Waals surface area contributed by atoms with E-state index in [1.54, 1.807) is 0 Å². The third kappa shape index (κ3) is 6.13. The Morgan fingerprint density at radius 3 is 2.27 bits per heavy atom. The van der Waals surface area contributed by atoms with Crippen LogP contribution in [0.1, 0.15) is 20.3 Å². The van der Waals surface area contributed by atoms with E-state index < -0.39 is 0 Å². The number of para-hydroxylation sites is 1. The molecule has 0 saturated heterocycles. The molecule has 86 valence electrons. The summed E-state index contributed by atoms with van der Waals surface area (Å²) < 4.78 is 0. The van der Waals surface area contributed by atoms with Crippen molar-refractivity contribution in [3.05, 3.63) is 30.3 Å². The maximum atomic E-state index is 3.15. The lowest BCUT2D eigenvalue weighted by molar-refractivity contribution is 0.713. The number of hydrogen-bond donors (Lipinski definition) is 1. The van der Waals surface area contributed by atoms with Crippen molar-refractivity contribution in [2.45, 2.75) is 20.3 Å². The van der Waals surface area contributed by atoms with E-state index in [1.165, 1.54) is 12.1 Å². The SMILES string of the molecule is CC.CNCCCN(C)c1ccccc1. The van der Waals surface area contributed by atoms with Crippen LogP contribution in [0.25, 0.3) is 0 Å². The second-order valence-electron chi connectivity index (χ2n) is 3.21. The maximum Gasteiger partial charge on any atom is 0.0363 e. The molecule has 0 unspecified atom stereocenters. The number of anilines is 1. The smallest absolute Gasteiger partial charge is 0.0363 e. The number of nitrogens with one attached hydrogen (secondary N) is 1. The van der Waals surface area contributed by atoms with Crippen molar-refractivity contribution in [3.63, 3.8) is 0 Å². The minimum atomic E-state index is 1.08. The Morgan fingerprint density at radius 1 is 1.13 bits per heavy atom. The topological polar surface area (TPSA) is 15.3 Å². The van der Waals surface area contributed by atoms with Crippen molar-refractivity contribution >= 4 is 5.69 Å². The Hall–Kier alpha value is -1.02. The zero-order valence-corrected chi connectivity index (χ0v) is 10.5. The van der Waals surface area contributed by atoms with E-state index in [1.807, 2.05) is 27.0 Å². The molecule has 1 aromatic rings. The van der Waals surface area contributed by atoms with E-state index in [0.29, 0.717) is 0 Å². The van der Waals surface area contributed by atoms with Gasteiger partial charge in [0.2, 0.25) is 0 Å². The van der Waals surface area contributed by atoms with Crippen LogP contribution in [0.4, 0.5) is 5.69 Å². The third-order valence-electron chi connectivity index (χ3n) is 2.12. The number of rotatable bonds is 5. The van der Waals surface area contributed by atoms with Gasteiger partial charge in [-0.05, 0) is 32.1 Å². The second kappa shape index (κ2) is 9.53. The highest BCUT2D eigenvalue weighted by Crippen LogP contribution is 2.10. The van der Waals surface area contributed by atoms with Crippen molar-refractivity contribution in [2.75, 3.05) is 32.1 Å². The minimum Gasteiger partial charge on any atom is -0.375 e. The largest absolute Gasteiger partial charge is 0.375 e. The van der Waals surface area contributed by atoms with Gasteiger partial charge in [0.05, 0.1) is 0 Å². The summed E-state index contributed by atoms with van der Waals surface area (Å²) >= 11 is 0. The van der Waals surface area contributed by atoms with E-state index in [0.717, 1.165) is 13.1 Å². The van der Waals surface area contributed by atoms with E-state index in [2.05, 4.69) is 41.5 Å². The minimum absolute atomic E-state index is 1.08. The Labute approximate surface area is 94.3 Å². The predicted octanol–water partition coefficient (Wildman–Crippen LogP) is 2.76. The summed E-state index contributed by atoms with van der Waals surface area (Å²) in [5.41, 5.74) is 1.29. The molecule has 0 aliphatic carbocycles. The molecular formula is C13H24N2. The van der Waals surface area contributed by atoms with Gasteiger partial charge in [0.1, 0.15) is 0 Å². The van der Waals surface area contributed by atoms with Gasteiger partial charge in [-0.2, -0.15) is 0 Å². The molecule has 0 aromatic heterocycles. The highest BCUT2D eigenvalue weighted by molar-refractivity contribution is 5.44. The molecule has 2 nitrogen and oxygen atoms in total. The molecule has 0 fully saturated rings. The maximum absolute atomic E-state index is 3.15. The van der Waals surface area contributed by atoms with Crippen LogP contribution in [0, 0.1) is 0 Å². The summed E-state index contributed by atoms with van der Waals surface area (Å²) in [7, 11) is 4.12. The quantitative estimate of drug-likeness (QED) is 0.749. The molecule has 1 N–H and O–H groups in total. The van der Waals surface area contributed by atoms with Crippen molar-refractivity contribution in [1.29, 1.82) is 0 Å². The Bertz CT molecular complexity index is 221. The highest BCUT2D eigenvalue weighted by atomic mass is 15.1. The molecule has 0 amide bonds. The fourth-order valence-corrected chi connectivity index (χ4v) is 1.30. The Kier molecular flexibility index (Phi) is 8.88. The molecular weight excluding hydrogens is 184 g/mol. The summed E-state index contributed by atoms with van der Waals surface area (Å²) in [4.78, 5) is 2.28. The van der Waals surface area contributed by atoms with Gasteiger partial charge in [0.25, 0.3) is 0 Å². The molecule has 1 rings (SSSR count). The molecule has 0 heterocycles. The molecule has 2 heteroatoms. The summed E-state index contributed by atoms with van der Waals surface area (Å²) in [6.45, 7) is 6.18. The molecule has 0 saturated carbocycles. The van der Waals surface area contributed by atoms with Crippen molar-refractivity contribution in [3.8, 4) is 0 Å². The van der Waals surface area contributed by atoms with Crippen molar-refractivity contribution < 1.29 is 0 Å². The van der Waals surface area contributed by atoms with Gasteiger partial charge in [-0.3, -0.25) is 0 Å². The molecule has 0 atom stereocenters. The first-order chi connectivity index (χ1) is 7.34. The number of nitrogens with zero attached hydrogens (tertiary/aromatic N) is 1. The summed E-state index contributed by atoms with van der Waals surface area (Å²) in [5, 5.41) is 3.15.